The molecule has 0 saturated carbocycles. The Bertz CT molecular complexity index is 417. The highest BCUT2D eigenvalue weighted by atomic mass is 35.5. The van der Waals surface area contributed by atoms with Crippen molar-refractivity contribution in [3.8, 4) is 0 Å². The molecule has 1 aromatic rings. The van der Waals surface area contributed by atoms with E-state index in [9.17, 15) is 4.79 Å². The van der Waals surface area contributed by atoms with Crippen LogP contribution in [0.3, 0.4) is 0 Å². The fourth-order valence-corrected chi connectivity index (χ4v) is 2.09. The van der Waals surface area contributed by atoms with Gasteiger partial charge in [-0.3, -0.25) is 0 Å². The minimum atomic E-state index is -0.414. The quantitative estimate of drug-likeness (QED) is 0.809. The van der Waals surface area contributed by atoms with Gasteiger partial charge in [-0.1, -0.05) is 11.6 Å². The van der Waals surface area contributed by atoms with Gasteiger partial charge < -0.3 is 15.4 Å². The zero-order chi connectivity index (χ0) is 12.3. The van der Waals surface area contributed by atoms with Crippen LogP contribution < -0.4 is 10.6 Å². The van der Waals surface area contributed by atoms with Crippen LogP contribution >= 0.6 is 11.6 Å². The van der Waals surface area contributed by atoms with Crippen molar-refractivity contribution in [2.24, 2.45) is 0 Å². The first-order valence-electron chi connectivity index (χ1n) is 5.56. The number of esters is 1. The Kier molecular flexibility index (Phi) is 3.86. The molecule has 92 valence electrons. The summed E-state index contributed by atoms with van der Waals surface area (Å²) in [5, 5.41) is 7.04. The predicted octanol–water partition coefficient (Wildman–Crippen LogP) is 1.90. The van der Waals surface area contributed by atoms with Crippen molar-refractivity contribution in [3.63, 3.8) is 0 Å². The molecule has 1 fully saturated rings. The fourth-order valence-electron chi connectivity index (χ4n) is 1.89. The van der Waals surface area contributed by atoms with Gasteiger partial charge in [0.05, 0.1) is 17.7 Å². The second-order valence-corrected chi connectivity index (χ2v) is 4.43. The molecule has 17 heavy (non-hydrogen) atoms. The normalized spacial score (nSPS) is 19.1. The number of benzene rings is 1. The van der Waals surface area contributed by atoms with Gasteiger partial charge in [-0.2, -0.15) is 0 Å². The predicted molar refractivity (Wildman–Crippen MR) is 67.7 cm³/mol. The molecule has 0 bridgehead atoms. The largest absolute Gasteiger partial charge is 0.465 e. The van der Waals surface area contributed by atoms with Gasteiger partial charge in [-0.15, -0.1) is 0 Å². The van der Waals surface area contributed by atoms with E-state index in [1.165, 1.54) is 7.11 Å². The van der Waals surface area contributed by atoms with Crippen LogP contribution in [0.4, 0.5) is 5.69 Å². The summed E-state index contributed by atoms with van der Waals surface area (Å²) >= 11 is 5.95. The van der Waals surface area contributed by atoms with Crippen LogP contribution in [0.2, 0.25) is 5.02 Å². The van der Waals surface area contributed by atoms with Crippen LogP contribution in [0.5, 0.6) is 0 Å². The third-order valence-corrected chi connectivity index (χ3v) is 3.13. The van der Waals surface area contributed by atoms with Crippen molar-refractivity contribution in [2.75, 3.05) is 25.5 Å². The van der Waals surface area contributed by atoms with E-state index in [1.54, 1.807) is 12.1 Å². The van der Waals surface area contributed by atoms with E-state index in [1.807, 2.05) is 6.07 Å². The van der Waals surface area contributed by atoms with Gasteiger partial charge >= 0.3 is 5.97 Å². The van der Waals surface area contributed by atoms with Gasteiger partial charge in [0.25, 0.3) is 0 Å². The highest BCUT2D eigenvalue weighted by Crippen LogP contribution is 2.22. The molecule has 1 aliphatic heterocycles. The summed E-state index contributed by atoms with van der Waals surface area (Å²) in [6, 6.07) is 5.71. The van der Waals surface area contributed by atoms with Gasteiger partial charge in [0, 0.05) is 18.3 Å². The molecule has 0 spiro atoms. The topological polar surface area (TPSA) is 50.4 Å². The first-order chi connectivity index (χ1) is 8.20. The Morgan fingerprint density at radius 2 is 2.41 bits per heavy atom. The zero-order valence-corrected chi connectivity index (χ0v) is 10.4. The highest BCUT2D eigenvalue weighted by Gasteiger charge is 2.16. The van der Waals surface area contributed by atoms with Crippen LogP contribution in [0.15, 0.2) is 18.2 Å². The van der Waals surface area contributed by atoms with Crippen LogP contribution in [-0.4, -0.2) is 32.2 Å². The molecule has 1 saturated heterocycles. The lowest BCUT2D eigenvalue weighted by Crippen LogP contribution is -2.22. The van der Waals surface area contributed by atoms with Crippen molar-refractivity contribution >= 4 is 23.3 Å². The molecular weight excluding hydrogens is 240 g/mol. The van der Waals surface area contributed by atoms with E-state index < -0.39 is 5.97 Å². The number of halogens is 1. The van der Waals surface area contributed by atoms with E-state index >= 15 is 0 Å². The number of hydrogen-bond acceptors (Lipinski definition) is 4. The van der Waals surface area contributed by atoms with E-state index in [2.05, 4.69) is 15.4 Å². The number of anilines is 1. The molecule has 0 radical (unpaired) electrons. The van der Waals surface area contributed by atoms with Crippen molar-refractivity contribution in [1.82, 2.24) is 5.32 Å². The summed E-state index contributed by atoms with van der Waals surface area (Å²) in [6.45, 7) is 1.96. The second kappa shape index (κ2) is 5.38. The van der Waals surface area contributed by atoms with Gasteiger partial charge in [-0.05, 0) is 31.2 Å². The molecule has 2 N–H and O–H groups in total. The maximum atomic E-state index is 11.5. The Morgan fingerprint density at radius 3 is 3.06 bits per heavy atom. The smallest absolute Gasteiger partial charge is 0.339 e. The Morgan fingerprint density at radius 1 is 1.59 bits per heavy atom. The fraction of sp³-hybridized carbons (Fsp3) is 0.417. The summed E-state index contributed by atoms with van der Waals surface area (Å²) in [5.41, 5.74) is 1.29. The number of carbonyl (C=O) groups excluding carboxylic acids is 1. The molecule has 1 atom stereocenters. The molecule has 1 unspecified atom stereocenters. The summed E-state index contributed by atoms with van der Waals surface area (Å²) in [4.78, 5) is 11.5. The Balaban J connectivity index is 2.15. The molecule has 1 heterocycles. The van der Waals surface area contributed by atoms with Gasteiger partial charge in [0.2, 0.25) is 0 Å². The lowest BCUT2D eigenvalue weighted by Gasteiger charge is -2.14. The minimum Gasteiger partial charge on any atom is -0.465 e. The molecule has 0 aromatic heterocycles. The zero-order valence-electron chi connectivity index (χ0n) is 9.63. The second-order valence-electron chi connectivity index (χ2n) is 4.02. The SMILES string of the molecule is COC(=O)c1cc(NC2CCNC2)ccc1Cl. The lowest BCUT2D eigenvalue weighted by atomic mass is 10.1. The van der Waals surface area contributed by atoms with E-state index in [0.717, 1.165) is 25.2 Å². The summed E-state index contributed by atoms with van der Waals surface area (Å²) in [6.07, 6.45) is 1.08. The molecule has 1 aliphatic rings. The van der Waals surface area contributed by atoms with E-state index in [0.29, 0.717) is 16.6 Å². The third-order valence-electron chi connectivity index (χ3n) is 2.80. The summed E-state index contributed by atoms with van der Waals surface area (Å²) in [7, 11) is 1.35. The first kappa shape index (κ1) is 12.2. The molecule has 2 rings (SSSR count). The highest BCUT2D eigenvalue weighted by molar-refractivity contribution is 6.33. The molecular formula is C12H15ClN2O2. The van der Waals surface area contributed by atoms with Crippen LogP contribution in [0.1, 0.15) is 16.8 Å². The lowest BCUT2D eigenvalue weighted by molar-refractivity contribution is 0.0601. The summed E-state index contributed by atoms with van der Waals surface area (Å²) in [5.74, 6) is -0.414. The van der Waals surface area contributed by atoms with Crippen molar-refractivity contribution < 1.29 is 9.53 Å². The molecule has 4 nitrogen and oxygen atoms in total. The molecule has 1 aromatic carbocycles. The van der Waals surface area contributed by atoms with Crippen molar-refractivity contribution in [1.29, 1.82) is 0 Å². The maximum Gasteiger partial charge on any atom is 0.339 e. The molecule has 0 aliphatic carbocycles. The average molecular weight is 255 g/mol. The van der Waals surface area contributed by atoms with Crippen molar-refractivity contribution in [3.05, 3.63) is 28.8 Å². The number of methoxy groups -OCH3 is 1. The standard InChI is InChI=1S/C12H15ClN2O2/c1-17-12(16)10-6-8(2-3-11(10)13)15-9-4-5-14-7-9/h2-3,6,9,14-15H,4-5,7H2,1H3. The number of ether oxygens (including phenoxy) is 1. The first-order valence-corrected chi connectivity index (χ1v) is 5.93. The number of rotatable bonds is 3. The van der Waals surface area contributed by atoms with E-state index in [4.69, 9.17) is 11.6 Å². The average Bonchev–Trinajstić information content (AvgIpc) is 2.83. The molecule has 5 heteroatoms. The summed E-state index contributed by atoms with van der Waals surface area (Å²) < 4.78 is 4.68. The maximum absolute atomic E-state index is 11.5. The van der Waals surface area contributed by atoms with Crippen molar-refractivity contribution in [2.45, 2.75) is 12.5 Å². The number of nitrogens with one attached hydrogen (secondary N) is 2. The molecule has 0 amide bonds. The Hall–Kier alpha value is -1.26. The van der Waals surface area contributed by atoms with Crippen LogP contribution in [0.25, 0.3) is 0 Å². The Labute approximate surface area is 105 Å². The van der Waals surface area contributed by atoms with Gasteiger partial charge in [0.1, 0.15) is 0 Å². The minimum absolute atomic E-state index is 0.394. The van der Waals surface area contributed by atoms with Crippen LogP contribution in [0, 0.1) is 0 Å². The van der Waals surface area contributed by atoms with Crippen LogP contribution in [-0.2, 0) is 4.74 Å². The monoisotopic (exact) mass is 254 g/mol. The number of hydrogen-bond donors (Lipinski definition) is 2. The van der Waals surface area contributed by atoms with Gasteiger partial charge in [0.15, 0.2) is 0 Å². The van der Waals surface area contributed by atoms with E-state index in [-0.39, 0.29) is 0 Å². The third kappa shape index (κ3) is 2.90. The number of carbonyl (C=O) groups is 1. The van der Waals surface area contributed by atoms with Gasteiger partial charge in [-0.25, -0.2) is 4.79 Å².